The van der Waals surface area contributed by atoms with Crippen molar-refractivity contribution >= 4 is 40.7 Å². The molecule has 0 heterocycles. The van der Waals surface area contributed by atoms with Crippen LogP contribution in [0.3, 0.4) is 0 Å². The molecule has 0 spiro atoms. The van der Waals surface area contributed by atoms with Crippen molar-refractivity contribution in [3.05, 3.63) is 32.8 Å². The molecule has 0 aliphatic rings. The summed E-state index contributed by atoms with van der Waals surface area (Å²) in [7, 11) is 0. The van der Waals surface area contributed by atoms with Gasteiger partial charge in [-0.25, -0.2) is 0 Å². The van der Waals surface area contributed by atoms with Gasteiger partial charge in [-0.15, -0.1) is 0 Å². The van der Waals surface area contributed by atoms with E-state index in [0.717, 1.165) is 0 Å². The van der Waals surface area contributed by atoms with Gasteiger partial charge in [0.25, 0.3) is 0 Å². The molecular formula is C12H15Cl3N2O. The van der Waals surface area contributed by atoms with Crippen LogP contribution in [0.2, 0.25) is 15.1 Å². The van der Waals surface area contributed by atoms with Crippen molar-refractivity contribution in [3.8, 4) is 0 Å². The number of amides is 1. The molecule has 0 bridgehead atoms. The fraction of sp³-hybridized carbons (Fsp3) is 0.417. The second kappa shape index (κ2) is 6.62. The van der Waals surface area contributed by atoms with E-state index in [-0.39, 0.29) is 24.3 Å². The molecule has 2 atom stereocenters. The lowest BCUT2D eigenvalue weighted by Gasteiger charge is -2.19. The highest BCUT2D eigenvalue weighted by atomic mass is 35.5. The van der Waals surface area contributed by atoms with Crippen LogP contribution in [-0.4, -0.2) is 5.91 Å². The van der Waals surface area contributed by atoms with Crippen LogP contribution in [0.4, 0.5) is 0 Å². The van der Waals surface area contributed by atoms with Crippen molar-refractivity contribution in [1.82, 2.24) is 0 Å². The quantitative estimate of drug-likeness (QED) is 0.873. The van der Waals surface area contributed by atoms with Gasteiger partial charge in [0.1, 0.15) is 0 Å². The van der Waals surface area contributed by atoms with Crippen LogP contribution in [0.25, 0.3) is 0 Å². The molecule has 2 unspecified atom stereocenters. The first kappa shape index (κ1) is 15.6. The van der Waals surface area contributed by atoms with Crippen LogP contribution in [0.5, 0.6) is 0 Å². The summed E-state index contributed by atoms with van der Waals surface area (Å²) in [6.07, 6.45) is 0.862. The molecule has 18 heavy (non-hydrogen) atoms. The zero-order valence-corrected chi connectivity index (χ0v) is 12.2. The van der Waals surface area contributed by atoms with Crippen LogP contribution < -0.4 is 11.5 Å². The third kappa shape index (κ3) is 4.32. The molecule has 0 radical (unpaired) electrons. The van der Waals surface area contributed by atoms with E-state index in [1.54, 1.807) is 12.1 Å². The number of hydrogen-bond acceptors (Lipinski definition) is 2. The Kier molecular flexibility index (Phi) is 5.73. The number of carbonyl (C=O) groups is 1. The number of hydrogen-bond donors (Lipinski definition) is 2. The summed E-state index contributed by atoms with van der Waals surface area (Å²) >= 11 is 18.0. The van der Waals surface area contributed by atoms with Gasteiger partial charge in [-0.05, 0) is 24.5 Å². The molecule has 0 saturated carbocycles. The maximum atomic E-state index is 10.8. The third-order valence-corrected chi connectivity index (χ3v) is 3.46. The van der Waals surface area contributed by atoms with Gasteiger partial charge >= 0.3 is 0 Å². The molecule has 100 valence electrons. The fourth-order valence-electron chi connectivity index (χ4n) is 1.89. The van der Waals surface area contributed by atoms with Gasteiger partial charge in [-0.1, -0.05) is 41.7 Å². The Hall–Kier alpha value is -0.480. The second-order valence-electron chi connectivity index (χ2n) is 4.40. The second-order valence-corrected chi connectivity index (χ2v) is 5.65. The number of primary amides is 1. The fourth-order valence-corrected chi connectivity index (χ4v) is 2.98. The minimum absolute atomic E-state index is 0.0697. The summed E-state index contributed by atoms with van der Waals surface area (Å²) in [4.78, 5) is 10.8. The molecule has 1 rings (SSSR count). The summed E-state index contributed by atoms with van der Waals surface area (Å²) < 4.78 is 0. The summed E-state index contributed by atoms with van der Waals surface area (Å²) in [5.74, 6) is -0.275. The number of nitrogens with two attached hydrogens (primary N) is 2. The number of benzene rings is 1. The summed E-state index contributed by atoms with van der Waals surface area (Å²) in [6, 6.07) is 2.85. The molecule has 1 aromatic rings. The summed E-state index contributed by atoms with van der Waals surface area (Å²) in [5, 5.41) is 1.34. The molecule has 0 aliphatic carbocycles. The van der Waals surface area contributed by atoms with Crippen molar-refractivity contribution < 1.29 is 4.79 Å². The largest absolute Gasteiger partial charge is 0.370 e. The molecular weight excluding hydrogens is 295 g/mol. The highest BCUT2D eigenvalue weighted by Crippen LogP contribution is 2.35. The van der Waals surface area contributed by atoms with E-state index in [2.05, 4.69) is 0 Å². The number of rotatable bonds is 5. The Morgan fingerprint density at radius 2 is 1.78 bits per heavy atom. The molecule has 1 aromatic carbocycles. The zero-order valence-electron chi connectivity index (χ0n) is 9.92. The third-order valence-electron chi connectivity index (χ3n) is 2.62. The van der Waals surface area contributed by atoms with Gasteiger partial charge in [-0.3, -0.25) is 4.79 Å². The highest BCUT2D eigenvalue weighted by Gasteiger charge is 2.18. The SMILES string of the molecule is CC(CC(N)=O)CC(N)c1c(Cl)cc(Cl)cc1Cl. The molecule has 6 heteroatoms. The minimum atomic E-state index is -0.350. The Bertz CT molecular complexity index is 428. The van der Waals surface area contributed by atoms with Gasteiger partial charge < -0.3 is 11.5 Å². The zero-order chi connectivity index (χ0) is 13.9. The number of carbonyl (C=O) groups excluding carboxylic acids is 1. The van der Waals surface area contributed by atoms with E-state index in [4.69, 9.17) is 46.3 Å². The Morgan fingerprint density at radius 1 is 1.28 bits per heavy atom. The van der Waals surface area contributed by atoms with Crippen LogP contribution >= 0.6 is 34.8 Å². The maximum absolute atomic E-state index is 10.8. The molecule has 0 aliphatic heterocycles. The van der Waals surface area contributed by atoms with Gasteiger partial charge in [0, 0.05) is 33.1 Å². The molecule has 0 aromatic heterocycles. The van der Waals surface area contributed by atoms with Crippen LogP contribution in [0.15, 0.2) is 12.1 Å². The van der Waals surface area contributed by atoms with Gasteiger partial charge in [-0.2, -0.15) is 0 Å². The normalized spacial score (nSPS) is 14.3. The van der Waals surface area contributed by atoms with Crippen molar-refractivity contribution in [2.45, 2.75) is 25.8 Å². The van der Waals surface area contributed by atoms with E-state index < -0.39 is 0 Å². The van der Waals surface area contributed by atoms with E-state index in [0.29, 0.717) is 27.1 Å². The van der Waals surface area contributed by atoms with E-state index in [1.807, 2.05) is 6.92 Å². The van der Waals surface area contributed by atoms with Crippen molar-refractivity contribution in [2.24, 2.45) is 17.4 Å². The monoisotopic (exact) mass is 308 g/mol. The van der Waals surface area contributed by atoms with Crippen LogP contribution in [0.1, 0.15) is 31.4 Å². The lowest BCUT2D eigenvalue weighted by atomic mass is 9.94. The first-order chi connectivity index (χ1) is 8.31. The number of halogens is 3. The molecule has 0 fully saturated rings. The Morgan fingerprint density at radius 3 is 2.22 bits per heavy atom. The lowest BCUT2D eigenvalue weighted by Crippen LogP contribution is -2.20. The Labute approximate surface area is 121 Å². The van der Waals surface area contributed by atoms with E-state index >= 15 is 0 Å². The predicted octanol–water partition coefficient (Wildman–Crippen LogP) is 3.55. The maximum Gasteiger partial charge on any atom is 0.217 e. The smallest absolute Gasteiger partial charge is 0.217 e. The standard InChI is InChI=1S/C12H15Cl3N2O/c1-6(3-11(17)18)2-10(16)12-8(14)4-7(13)5-9(12)15/h4-6,10H,2-3,16H2,1H3,(H2,17,18). The molecule has 3 nitrogen and oxygen atoms in total. The predicted molar refractivity (Wildman–Crippen MR) is 76.0 cm³/mol. The van der Waals surface area contributed by atoms with E-state index in [1.165, 1.54) is 0 Å². The van der Waals surface area contributed by atoms with Gasteiger partial charge in [0.15, 0.2) is 0 Å². The van der Waals surface area contributed by atoms with Crippen LogP contribution in [-0.2, 0) is 4.79 Å². The average Bonchev–Trinajstić information content (AvgIpc) is 2.12. The van der Waals surface area contributed by atoms with Crippen LogP contribution in [0, 0.1) is 5.92 Å². The minimum Gasteiger partial charge on any atom is -0.370 e. The van der Waals surface area contributed by atoms with Gasteiger partial charge in [0.2, 0.25) is 5.91 Å². The van der Waals surface area contributed by atoms with E-state index in [9.17, 15) is 4.79 Å². The molecule has 0 saturated heterocycles. The highest BCUT2D eigenvalue weighted by molar-refractivity contribution is 6.39. The Balaban J connectivity index is 2.84. The first-order valence-corrected chi connectivity index (χ1v) is 6.63. The topological polar surface area (TPSA) is 69.1 Å². The molecule has 1 amide bonds. The average molecular weight is 310 g/mol. The van der Waals surface area contributed by atoms with Crippen molar-refractivity contribution in [2.75, 3.05) is 0 Å². The van der Waals surface area contributed by atoms with Crippen molar-refractivity contribution in [1.29, 1.82) is 0 Å². The summed E-state index contributed by atoms with van der Waals surface area (Å²) in [5.41, 5.74) is 11.8. The molecule has 4 N–H and O–H groups in total. The van der Waals surface area contributed by atoms with Crippen molar-refractivity contribution in [3.63, 3.8) is 0 Å². The first-order valence-electron chi connectivity index (χ1n) is 5.49. The lowest BCUT2D eigenvalue weighted by molar-refractivity contribution is -0.118. The summed E-state index contributed by atoms with van der Waals surface area (Å²) in [6.45, 7) is 1.91. The van der Waals surface area contributed by atoms with Gasteiger partial charge in [0.05, 0.1) is 0 Å².